The van der Waals surface area contributed by atoms with Crippen LogP contribution in [0.4, 0.5) is 18.9 Å². The van der Waals surface area contributed by atoms with Gasteiger partial charge in [0.15, 0.2) is 0 Å². The predicted molar refractivity (Wildman–Crippen MR) is 164 cm³/mol. The molecule has 1 aliphatic heterocycles. The molecule has 16 nitrogen and oxygen atoms in total. The molecule has 2 amide bonds. The van der Waals surface area contributed by atoms with E-state index < -0.39 is 35.0 Å². The Morgan fingerprint density at radius 3 is 2.39 bits per heavy atom. The summed E-state index contributed by atoms with van der Waals surface area (Å²) < 4.78 is 43.6. The van der Waals surface area contributed by atoms with Gasteiger partial charge in [0.2, 0.25) is 5.91 Å². The third-order valence-electron chi connectivity index (χ3n) is 7.00. The normalized spacial score (nSPS) is 12.8. The van der Waals surface area contributed by atoms with Crippen LogP contribution in [-0.4, -0.2) is 86.8 Å². The number of aliphatic carboxylic acids is 1. The van der Waals surface area contributed by atoms with Gasteiger partial charge in [-0.2, -0.15) is 18.3 Å². The van der Waals surface area contributed by atoms with Crippen molar-refractivity contribution in [3.05, 3.63) is 86.7 Å². The number of rotatable bonds is 11. The maximum Gasteiger partial charge on any atom is 0.490 e. The highest BCUT2D eigenvalue weighted by atomic mass is 19.4. The van der Waals surface area contributed by atoms with Crippen LogP contribution in [0.3, 0.4) is 0 Å². The van der Waals surface area contributed by atoms with E-state index in [0.717, 1.165) is 11.3 Å². The maximum absolute atomic E-state index is 13.8. The van der Waals surface area contributed by atoms with Crippen LogP contribution in [0.1, 0.15) is 39.7 Å². The van der Waals surface area contributed by atoms with Gasteiger partial charge in [-0.15, -0.1) is 0 Å². The number of nitro groups is 1. The van der Waals surface area contributed by atoms with E-state index in [2.05, 4.69) is 10.4 Å². The van der Waals surface area contributed by atoms with Crippen molar-refractivity contribution >= 4 is 35.3 Å². The molecule has 19 heteroatoms. The van der Waals surface area contributed by atoms with Gasteiger partial charge in [-0.25, -0.2) is 4.79 Å². The number of carboxylic acid groups (broad SMARTS) is 1. The number of ether oxygens (including phenoxy) is 2. The molecular weight excluding hydrogens is 659 g/mol. The van der Waals surface area contributed by atoms with Gasteiger partial charge in [0.05, 0.1) is 29.9 Å². The number of fused-ring (bicyclic) bond motifs is 1. The first-order chi connectivity index (χ1) is 23.0. The van der Waals surface area contributed by atoms with E-state index in [0.29, 0.717) is 24.1 Å². The fraction of sp³-hybridized carbons (Fsp3) is 0.333. The highest BCUT2D eigenvalue weighted by Crippen LogP contribution is 2.23. The summed E-state index contributed by atoms with van der Waals surface area (Å²) in [5.74, 6) is -4.12. The number of carbonyl (C=O) groups is 4. The van der Waals surface area contributed by atoms with Gasteiger partial charge in [-0.1, -0.05) is 18.2 Å². The second kappa shape index (κ2) is 16.2. The maximum atomic E-state index is 13.8. The highest BCUT2D eigenvalue weighted by molar-refractivity contribution is 6.02. The third-order valence-corrected chi connectivity index (χ3v) is 7.00. The molecule has 2 heterocycles. The van der Waals surface area contributed by atoms with E-state index in [9.17, 15) is 37.7 Å². The Balaban J connectivity index is 0.000000838. The van der Waals surface area contributed by atoms with Crippen LogP contribution in [0, 0.1) is 15.5 Å². The molecule has 0 radical (unpaired) electrons. The number of hydrogen-bond donors (Lipinski definition) is 4. The summed E-state index contributed by atoms with van der Waals surface area (Å²) in [5.41, 5.74) is 8.14. The minimum absolute atomic E-state index is 0.0438. The molecule has 2 aromatic carbocycles. The summed E-state index contributed by atoms with van der Waals surface area (Å²) in [5, 5.41) is 33.1. The zero-order valence-corrected chi connectivity index (χ0v) is 26.2. The Labute approximate surface area is 276 Å². The van der Waals surface area contributed by atoms with E-state index >= 15 is 0 Å². The number of carbonyl (C=O) groups excluding carboxylic acids is 3. The fourth-order valence-electron chi connectivity index (χ4n) is 4.67. The van der Waals surface area contributed by atoms with Crippen LogP contribution in [0.15, 0.2) is 48.7 Å². The lowest BCUT2D eigenvalue weighted by molar-refractivity contribution is -0.384. The minimum Gasteiger partial charge on any atom is -0.496 e. The zero-order chi connectivity index (χ0) is 36.5. The molecule has 0 saturated carbocycles. The molecule has 5 N–H and O–H groups in total. The Morgan fingerprint density at radius 1 is 1.18 bits per heavy atom. The van der Waals surface area contributed by atoms with Crippen molar-refractivity contribution < 1.29 is 51.9 Å². The summed E-state index contributed by atoms with van der Waals surface area (Å²) in [7, 11) is 1.38. The summed E-state index contributed by atoms with van der Waals surface area (Å²) in [4.78, 5) is 60.2. The highest BCUT2D eigenvalue weighted by Gasteiger charge is 2.38. The third kappa shape index (κ3) is 10.2. The van der Waals surface area contributed by atoms with Crippen LogP contribution in [0.5, 0.6) is 5.75 Å². The second-order valence-corrected chi connectivity index (χ2v) is 10.4. The number of halogens is 3. The molecule has 49 heavy (non-hydrogen) atoms. The summed E-state index contributed by atoms with van der Waals surface area (Å²) in [6.45, 7) is 2.50. The molecule has 0 saturated heterocycles. The number of aromatic nitrogens is 2. The van der Waals surface area contributed by atoms with Crippen LogP contribution in [0.25, 0.3) is 0 Å². The number of nitrogen functional groups attached to an aromatic ring is 1. The van der Waals surface area contributed by atoms with Gasteiger partial charge in [-0.05, 0) is 24.6 Å². The first-order valence-corrected chi connectivity index (χ1v) is 14.4. The van der Waals surface area contributed by atoms with E-state index in [1.807, 2.05) is 0 Å². The fourth-order valence-corrected chi connectivity index (χ4v) is 4.67. The lowest BCUT2D eigenvalue weighted by Crippen LogP contribution is -2.50. The van der Waals surface area contributed by atoms with Crippen LogP contribution < -0.4 is 15.8 Å². The number of amidine groups is 1. The molecule has 0 spiro atoms. The van der Waals surface area contributed by atoms with Crippen molar-refractivity contribution in [2.24, 2.45) is 5.73 Å². The number of nitrogens with zero attached hydrogens (tertiary/aromatic N) is 4. The van der Waals surface area contributed by atoms with Crippen LogP contribution >= 0.6 is 0 Å². The van der Waals surface area contributed by atoms with Gasteiger partial charge in [-0.3, -0.25) is 34.6 Å². The molecular formula is C30H32F3N7O9. The first kappa shape index (κ1) is 37.4. The number of alkyl halides is 3. The largest absolute Gasteiger partial charge is 0.496 e. The van der Waals surface area contributed by atoms with E-state index in [4.69, 9.17) is 30.5 Å². The number of methoxy groups -OCH3 is 1. The molecule has 262 valence electrons. The zero-order valence-electron chi connectivity index (χ0n) is 26.2. The van der Waals surface area contributed by atoms with Crippen molar-refractivity contribution in [1.29, 1.82) is 5.41 Å². The van der Waals surface area contributed by atoms with E-state index in [1.165, 1.54) is 42.1 Å². The Kier molecular flexibility index (Phi) is 12.4. The molecule has 0 unspecified atom stereocenters. The number of carboxylic acids is 1. The topological polar surface area (TPSA) is 233 Å². The number of nitrogens with one attached hydrogen (secondary N) is 2. The van der Waals surface area contributed by atoms with Crippen molar-refractivity contribution in [2.75, 3.05) is 20.3 Å². The molecule has 0 aliphatic carbocycles. The smallest absolute Gasteiger partial charge is 0.490 e. The van der Waals surface area contributed by atoms with Crippen molar-refractivity contribution in [3.8, 4) is 5.75 Å². The summed E-state index contributed by atoms with van der Waals surface area (Å²) in [6, 6.07) is 9.18. The average molecular weight is 692 g/mol. The van der Waals surface area contributed by atoms with Gasteiger partial charge in [0.1, 0.15) is 24.2 Å². The van der Waals surface area contributed by atoms with Gasteiger partial charge in [0.25, 0.3) is 11.6 Å². The lowest BCUT2D eigenvalue weighted by Gasteiger charge is -2.30. The number of non-ortho nitro benzene ring substituents is 1. The first-order valence-electron chi connectivity index (χ1n) is 14.4. The Hall–Kier alpha value is -6.01. The van der Waals surface area contributed by atoms with Crippen LogP contribution in [-0.2, 0) is 45.1 Å². The quantitative estimate of drug-likeness (QED) is 0.0748. The molecule has 1 aromatic heterocycles. The molecule has 0 fully saturated rings. The number of esters is 1. The van der Waals surface area contributed by atoms with Crippen molar-refractivity contribution in [3.63, 3.8) is 0 Å². The standard InChI is InChI=1S/C28H31N7O7.C2HF3O2/c1-3-42-25(36)16-34-15-19-14-33(11-10-22(19)32-34)28(38)23(12-17-4-7-20(8-5-17)35(39)40)31-27(37)21-9-6-18(26(29)30)13-24(21)41-2;3-2(4,5)1(6)7/h4-9,13,15,23H,3,10-12,14,16H2,1-2H3,(H3,29,30)(H,31,37);(H,6,7)/t23-;/m0./s1. The summed E-state index contributed by atoms with van der Waals surface area (Å²) in [6.07, 6.45) is -2.85. The van der Waals surface area contributed by atoms with Crippen molar-refractivity contribution in [2.45, 2.75) is 45.1 Å². The second-order valence-electron chi connectivity index (χ2n) is 10.4. The van der Waals surface area contributed by atoms with Crippen molar-refractivity contribution in [1.82, 2.24) is 20.0 Å². The predicted octanol–water partition coefficient (Wildman–Crippen LogP) is 2.21. The monoisotopic (exact) mass is 691 g/mol. The molecule has 0 bridgehead atoms. The Bertz CT molecular complexity index is 1730. The SMILES string of the molecule is CCOC(=O)Cn1cc2c(n1)CCN(C(=O)[C@H](Cc1ccc([N+](=O)[O-])cc1)NC(=O)c1ccc(C(=N)N)cc1OC)C2.O=C(O)C(F)(F)F. The number of amides is 2. The van der Waals surface area contributed by atoms with Gasteiger partial charge >= 0.3 is 18.1 Å². The van der Waals surface area contributed by atoms with E-state index in [-0.39, 0.29) is 54.9 Å². The molecule has 1 aliphatic rings. The summed E-state index contributed by atoms with van der Waals surface area (Å²) >= 11 is 0. The van der Waals surface area contributed by atoms with E-state index in [1.54, 1.807) is 30.2 Å². The minimum atomic E-state index is -5.08. The molecule has 3 aromatic rings. The molecule has 1 atom stereocenters. The number of hydrogen-bond acceptors (Lipinski definition) is 10. The van der Waals surface area contributed by atoms with Crippen LogP contribution in [0.2, 0.25) is 0 Å². The van der Waals surface area contributed by atoms with Gasteiger partial charge < -0.3 is 30.5 Å². The molecule has 4 rings (SSSR count). The average Bonchev–Trinajstić information content (AvgIpc) is 3.45. The number of benzene rings is 2. The number of nitro benzene ring substituents is 1. The Morgan fingerprint density at radius 2 is 1.84 bits per heavy atom. The number of nitrogens with two attached hydrogens (primary N) is 1. The lowest BCUT2D eigenvalue weighted by atomic mass is 10.0. The van der Waals surface area contributed by atoms with Gasteiger partial charge in [0, 0.05) is 55.4 Å².